The number of rotatable bonds is 9. The average Bonchev–Trinajstić information content (AvgIpc) is 2.66. The lowest BCUT2D eigenvalue weighted by atomic mass is 10.3. The lowest BCUT2D eigenvalue weighted by Gasteiger charge is -2.25. The van der Waals surface area contributed by atoms with E-state index in [9.17, 15) is 8.42 Å². The van der Waals surface area contributed by atoms with Crippen LogP contribution in [0.25, 0.3) is 0 Å². The molecule has 0 radical (unpaired) electrons. The third-order valence-electron chi connectivity index (χ3n) is 3.67. The number of methoxy groups -OCH3 is 2. The summed E-state index contributed by atoms with van der Waals surface area (Å²) in [6, 6.07) is 11.5. The third-order valence-corrected chi connectivity index (χ3v) is 5.45. The summed E-state index contributed by atoms with van der Waals surface area (Å²) in [6.07, 6.45) is 1.53. The van der Waals surface area contributed by atoms with Crippen LogP contribution in [0.5, 0.6) is 17.2 Å². The molecule has 0 bridgehead atoms. The molecule has 0 fully saturated rings. The van der Waals surface area contributed by atoms with Crippen LogP contribution in [0, 0.1) is 0 Å². The summed E-state index contributed by atoms with van der Waals surface area (Å²) in [6.45, 7) is 6.05. The molecular weight excluding hydrogens is 354 g/mol. The summed E-state index contributed by atoms with van der Waals surface area (Å²) in [4.78, 5) is 0.0864. The molecular formula is C19H23NO5S. The number of ether oxygens (including phenoxy) is 3. The van der Waals surface area contributed by atoms with Crippen molar-refractivity contribution in [3.05, 3.63) is 55.1 Å². The van der Waals surface area contributed by atoms with Crippen LogP contribution in [0.15, 0.2) is 60.0 Å². The van der Waals surface area contributed by atoms with Crippen LogP contribution >= 0.6 is 0 Å². The van der Waals surface area contributed by atoms with Gasteiger partial charge in [0.25, 0.3) is 10.0 Å². The van der Waals surface area contributed by atoms with Crippen LogP contribution in [0.4, 0.5) is 5.69 Å². The van der Waals surface area contributed by atoms with E-state index in [-0.39, 0.29) is 11.4 Å². The fraction of sp³-hybridized carbons (Fsp3) is 0.263. The molecule has 0 amide bonds. The molecule has 0 N–H and O–H groups in total. The molecule has 2 rings (SSSR count). The molecule has 26 heavy (non-hydrogen) atoms. The molecule has 0 saturated carbocycles. The van der Waals surface area contributed by atoms with Crippen molar-refractivity contribution in [3.63, 3.8) is 0 Å². The number of benzene rings is 2. The quantitative estimate of drug-likeness (QED) is 0.626. The predicted molar refractivity (Wildman–Crippen MR) is 102 cm³/mol. The topological polar surface area (TPSA) is 65.1 Å². The van der Waals surface area contributed by atoms with Gasteiger partial charge in [-0.1, -0.05) is 18.2 Å². The van der Waals surface area contributed by atoms with Gasteiger partial charge in [0.15, 0.2) is 11.5 Å². The zero-order valence-electron chi connectivity index (χ0n) is 15.1. The molecule has 2 aromatic rings. The summed E-state index contributed by atoms with van der Waals surface area (Å²) in [5, 5.41) is 0. The number of hydrogen-bond acceptors (Lipinski definition) is 5. The molecule has 0 unspecified atom stereocenters. The van der Waals surface area contributed by atoms with Gasteiger partial charge in [-0.25, -0.2) is 8.42 Å². The number of nitrogens with zero attached hydrogens (tertiary/aromatic N) is 1. The molecule has 2 aromatic carbocycles. The van der Waals surface area contributed by atoms with Crippen LogP contribution in [-0.4, -0.2) is 35.8 Å². The maximum absolute atomic E-state index is 13.3. The zero-order valence-corrected chi connectivity index (χ0v) is 16.0. The Bertz CT molecular complexity index is 864. The molecule has 6 nitrogen and oxygen atoms in total. The minimum Gasteiger partial charge on any atom is -0.493 e. The molecule has 0 saturated heterocycles. The molecule has 0 heterocycles. The van der Waals surface area contributed by atoms with Gasteiger partial charge in [-0.3, -0.25) is 4.31 Å². The van der Waals surface area contributed by atoms with Crippen molar-refractivity contribution in [1.29, 1.82) is 0 Å². The molecule has 7 heteroatoms. The molecule has 0 spiro atoms. The largest absolute Gasteiger partial charge is 0.493 e. The van der Waals surface area contributed by atoms with E-state index in [1.54, 1.807) is 30.3 Å². The first kappa shape index (κ1) is 19.7. The van der Waals surface area contributed by atoms with Gasteiger partial charge < -0.3 is 14.2 Å². The zero-order chi connectivity index (χ0) is 19.2. The van der Waals surface area contributed by atoms with Crippen molar-refractivity contribution in [3.8, 4) is 17.2 Å². The van der Waals surface area contributed by atoms with Crippen LogP contribution in [0.2, 0.25) is 0 Å². The van der Waals surface area contributed by atoms with Gasteiger partial charge >= 0.3 is 0 Å². The van der Waals surface area contributed by atoms with Gasteiger partial charge in [-0.15, -0.1) is 6.58 Å². The van der Waals surface area contributed by atoms with Crippen LogP contribution in [-0.2, 0) is 10.0 Å². The Labute approximate surface area is 154 Å². The monoisotopic (exact) mass is 377 g/mol. The van der Waals surface area contributed by atoms with E-state index >= 15 is 0 Å². The third kappa shape index (κ3) is 3.94. The highest BCUT2D eigenvalue weighted by Crippen LogP contribution is 2.35. The molecule has 0 aliphatic carbocycles. The fourth-order valence-electron chi connectivity index (χ4n) is 2.49. The molecule has 0 aliphatic rings. The first-order valence-electron chi connectivity index (χ1n) is 8.07. The van der Waals surface area contributed by atoms with Gasteiger partial charge in [0, 0.05) is 6.07 Å². The smallest absolute Gasteiger partial charge is 0.264 e. The second-order valence-corrected chi connectivity index (χ2v) is 7.10. The van der Waals surface area contributed by atoms with Crippen LogP contribution in [0.3, 0.4) is 0 Å². The second kappa shape index (κ2) is 8.62. The highest BCUT2D eigenvalue weighted by molar-refractivity contribution is 7.92. The van der Waals surface area contributed by atoms with Crippen molar-refractivity contribution < 1.29 is 22.6 Å². The summed E-state index contributed by atoms with van der Waals surface area (Å²) in [5.41, 5.74) is 0.448. The normalized spacial score (nSPS) is 10.9. The number of sulfonamides is 1. The van der Waals surface area contributed by atoms with E-state index in [0.717, 1.165) is 0 Å². The Morgan fingerprint density at radius 2 is 1.73 bits per heavy atom. The molecule has 0 atom stereocenters. The highest BCUT2D eigenvalue weighted by Gasteiger charge is 2.27. The maximum Gasteiger partial charge on any atom is 0.264 e. The fourth-order valence-corrected chi connectivity index (χ4v) is 3.95. The second-order valence-electron chi connectivity index (χ2n) is 5.24. The van der Waals surface area contributed by atoms with Gasteiger partial charge in [-0.2, -0.15) is 0 Å². The SMILES string of the molecule is C=CCN(c1ccccc1OCC)S(=O)(=O)c1ccc(OC)c(OC)c1. The van der Waals surface area contributed by atoms with E-state index in [0.29, 0.717) is 29.5 Å². The first-order valence-corrected chi connectivity index (χ1v) is 9.51. The Morgan fingerprint density at radius 3 is 2.35 bits per heavy atom. The van der Waals surface area contributed by atoms with E-state index < -0.39 is 10.0 Å². The lowest BCUT2D eigenvalue weighted by Crippen LogP contribution is -2.31. The van der Waals surface area contributed by atoms with Crippen molar-refractivity contribution >= 4 is 15.7 Å². The van der Waals surface area contributed by atoms with E-state index in [1.807, 2.05) is 6.92 Å². The summed E-state index contributed by atoms with van der Waals surface area (Å²) in [7, 11) is -0.915. The number of para-hydroxylation sites is 2. The molecule has 0 aromatic heterocycles. The standard InChI is InChI=1S/C19H23NO5S/c1-5-13-20(16-9-7-8-10-17(16)25-6-2)26(21,22)15-11-12-18(23-3)19(14-15)24-4/h5,7-12,14H,1,6,13H2,2-4H3. The Hall–Kier alpha value is -2.67. The highest BCUT2D eigenvalue weighted by atomic mass is 32.2. The number of hydrogen-bond donors (Lipinski definition) is 0. The Kier molecular flexibility index (Phi) is 6.52. The Morgan fingerprint density at radius 1 is 1.04 bits per heavy atom. The van der Waals surface area contributed by atoms with Crippen molar-refractivity contribution in [2.24, 2.45) is 0 Å². The number of anilines is 1. The van der Waals surface area contributed by atoms with Gasteiger partial charge in [0.2, 0.25) is 0 Å². The average molecular weight is 377 g/mol. The van der Waals surface area contributed by atoms with E-state index in [2.05, 4.69) is 6.58 Å². The predicted octanol–water partition coefficient (Wildman–Crippen LogP) is 3.48. The molecule has 140 valence electrons. The van der Waals surface area contributed by atoms with Crippen molar-refractivity contribution in [2.45, 2.75) is 11.8 Å². The minimum atomic E-state index is -3.87. The van der Waals surface area contributed by atoms with Crippen molar-refractivity contribution in [2.75, 3.05) is 31.7 Å². The van der Waals surface area contributed by atoms with Gasteiger partial charge in [0.1, 0.15) is 5.75 Å². The first-order chi connectivity index (χ1) is 12.5. The summed E-state index contributed by atoms with van der Waals surface area (Å²) in [5.74, 6) is 1.28. The lowest BCUT2D eigenvalue weighted by molar-refractivity contribution is 0.341. The van der Waals surface area contributed by atoms with Gasteiger partial charge in [-0.05, 0) is 31.2 Å². The van der Waals surface area contributed by atoms with E-state index in [1.165, 1.54) is 36.7 Å². The minimum absolute atomic E-state index is 0.0864. The Balaban J connectivity index is 2.58. The maximum atomic E-state index is 13.3. The molecule has 0 aliphatic heterocycles. The summed E-state index contributed by atoms with van der Waals surface area (Å²) < 4.78 is 43.8. The summed E-state index contributed by atoms with van der Waals surface area (Å²) >= 11 is 0. The van der Waals surface area contributed by atoms with Crippen LogP contribution in [0.1, 0.15) is 6.92 Å². The van der Waals surface area contributed by atoms with E-state index in [4.69, 9.17) is 14.2 Å². The van der Waals surface area contributed by atoms with Gasteiger partial charge in [0.05, 0.1) is 38.0 Å². The van der Waals surface area contributed by atoms with Crippen LogP contribution < -0.4 is 18.5 Å². The van der Waals surface area contributed by atoms with Crippen molar-refractivity contribution in [1.82, 2.24) is 0 Å².